The highest BCUT2D eigenvalue weighted by Gasteiger charge is 2.47. The quantitative estimate of drug-likeness (QED) is 0.0196. The maximum atomic E-state index is 13.4. The fourth-order valence-electron chi connectivity index (χ4n) is 8.34. The van der Waals surface area contributed by atoms with E-state index in [4.69, 9.17) is 14.2 Å². The summed E-state index contributed by atoms with van der Waals surface area (Å²) in [6, 6.07) is -1.04. The second-order valence-corrected chi connectivity index (χ2v) is 19.3. The van der Waals surface area contributed by atoms with Crippen molar-refractivity contribution in [3.05, 3.63) is 60.8 Å². The molecule has 1 amide bonds. The number of nitrogens with one attached hydrogen (secondary N) is 1. The van der Waals surface area contributed by atoms with E-state index in [1.807, 2.05) is 6.08 Å². The molecular weight excluding hydrogens is 871 g/mol. The van der Waals surface area contributed by atoms with Crippen molar-refractivity contribution in [3.8, 4) is 0 Å². The van der Waals surface area contributed by atoms with Gasteiger partial charge in [0.25, 0.3) is 0 Å². The summed E-state index contributed by atoms with van der Waals surface area (Å²) < 4.78 is 17.5. The maximum absolute atomic E-state index is 13.4. The zero-order chi connectivity index (χ0) is 50.4. The molecule has 1 saturated heterocycles. The third-order valence-electron chi connectivity index (χ3n) is 12.9. The molecule has 8 atom stereocenters. The van der Waals surface area contributed by atoms with Crippen molar-refractivity contribution in [1.82, 2.24) is 5.32 Å². The van der Waals surface area contributed by atoms with Crippen molar-refractivity contribution < 1.29 is 49.3 Å². The van der Waals surface area contributed by atoms with Crippen molar-refractivity contribution >= 4 is 11.9 Å². The Balaban J connectivity index is 2.78. The number of aliphatic hydroxyl groups is 5. The minimum absolute atomic E-state index is 0.109. The first kappa shape index (κ1) is 64.4. The molecule has 11 nitrogen and oxygen atoms in total. The van der Waals surface area contributed by atoms with E-state index in [0.717, 1.165) is 96.3 Å². The summed E-state index contributed by atoms with van der Waals surface area (Å²) in [5.41, 5.74) is 0. The van der Waals surface area contributed by atoms with Crippen LogP contribution in [0.3, 0.4) is 0 Å². The van der Waals surface area contributed by atoms with Gasteiger partial charge >= 0.3 is 5.97 Å². The lowest BCUT2D eigenvalue weighted by molar-refractivity contribution is -0.305. The summed E-state index contributed by atoms with van der Waals surface area (Å²) in [5, 5.41) is 56.7. The lowest BCUT2D eigenvalue weighted by Gasteiger charge is -2.41. The van der Waals surface area contributed by atoms with Gasteiger partial charge in [-0.25, -0.2) is 0 Å². The molecule has 0 aliphatic carbocycles. The highest BCUT2D eigenvalue weighted by molar-refractivity contribution is 5.80. The third-order valence-corrected chi connectivity index (χ3v) is 12.9. The Labute approximate surface area is 420 Å². The van der Waals surface area contributed by atoms with Gasteiger partial charge in [0.2, 0.25) is 5.91 Å². The van der Waals surface area contributed by atoms with E-state index in [0.29, 0.717) is 12.8 Å². The number of hydrogen-bond donors (Lipinski definition) is 6. The van der Waals surface area contributed by atoms with Gasteiger partial charge < -0.3 is 45.1 Å². The van der Waals surface area contributed by atoms with Crippen molar-refractivity contribution in [2.45, 2.75) is 282 Å². The molecule has 400 valence electrons. The van der Waals surface area contributed by atoms with E-state index >= 15 is 0 Å². The largest absolute Gasteiger partial charge is 0.454 e. The summed E-state index contributed by atoms with van der Waals surface area (Å²) in [6.45, 7) is 5.68. The van der Waals surface area contributed by atoms with Gasteiger partial charge in [-0.05, 0) is 83.5 Å². The molecule has 0 aromatic heterocycles. The van der Waals surface area contributed by atoms with E-state index in [1.54, 1.807) is 6.08 Å². The van der Waals surface area contributed by atoms with E-state index < -0.39 is 67.4 Å². The van der Waals surface area contributed by atoms with E-state index in [9.17, 15) is 35.1 Å². The first-order valence-corrected chi connectivity index (χ1v) is 28.1. The van der Waals surface area contributed by atoms with Crippen LogP contribution in [0, 0.1) is 0 Å². The first-order valence-electron chi connectivity index (χ1n) is 28.1. The Bertz CT molecular complexity index is 1350. The first-order chi connectivity index (χ1) is 33.7. The number of unbranched alkanes of at least 4 members (excludes halogenated alkanes) is 24. The fourth-order valence-corrected chi connectivity index (χ4v) is 8.34. The summed E-state index contributed by atoms with van der Waals surface area (Å²) in [5.74, 6) is -1.23. The minimum Gasteiger partial charge on any atom is -0.454 e. The molecule has 1 fully saturated rings. The van der Waals surface area contributed by atoms with Gasteiger partial charge in [0.05, 0.1) is 25.4 Å². The summed E-state index contributed by atoms with van der Waals surface area (Å²) in [7, 11) is 0. The number of hydrogen-bond acceptors (Lipinski definition) is 10. The molecule has 0 aromatic rings. The molecule has 0 saturated carbocycles. The number of rotatable bonds is 46. The van der Waals surface area contributed by atoms with Crippen molar-refractivity contribution in [1.29, 1.82) is 0 Å². The summed E-state index contributed by atoms with van der Waals surface area (Å²) in [6.07, 6.45) is 45.5. The summed E-state index contributed by atoms with van der Waals surface area (Å²) in [4.78, 5) is 26.4. The Hall–Kier alpha value is -2.64. The van der Waals surface area contributed by atoms with Gasteiger partial charge in [0, 0.05) is 6.42 Å². The molecule has 1 heterocycles. The second kappa shape index (κ2) is 46.4. The monoisotopic (exact) mass is 974 g/mol. The molecule has 11 heteroatoms. The average molecular weight is 974 g/mol. The molecule has 6 N–H and O–H groups in total. The van der Waals surface area contributed by atoms with Gasteiger partial charge in [0.1, 0.15) is 24.4 Å². The normalized spacial score (nSPS) is 20.3. The number of carbonyl (C=O) groups excluding carboxylic acids is 2. The fraction of sp³-hybridized carbons (Fsp3) is 0.793. The molecule has 8 unspecified atom stereocenters. The molecule has 1 aliphatic rings. The maximum Gasteiger partial charge on any atom is 0.306 e. The van der Waals surface area contributed by atoms with Crippen LogP contribution in [0.4, 0.5) is 0 Å². The Morgan fingerprint density at radius 2 is 1.01 bits per heavy atom. The van der Waals surface area contributed by atoms with Gasteiger partial charge in [0.15, 0.2) is 12.4 Å². The van der Waals surface area contributed by atoms with Crippen molar-refractivity contribution in [2.24, 2.45) is 0 Å². The van der Waals surface area contributed by atoms with Crippen LogP contribution in [0.1, 0.15) is 233 Å². The molecular formula is C58H103NO10. The molecule has 0 spiro atoms. The zero-order valence-corrected chi connectivity index (χ0v) is 43.9. The van der Waals surface area contributed by atoms with Gasteiger partial charge in [-0.2, -0.15) is 0 Å². The Morgan fingerprint density at radius 1 is 0.565 bits per heavy atom. The smallest absolute Gasteiger partial charge is 0.306 e. The van der Waals surface area contributed by atoms with Crippen LogP contribution in [0.25, 0.3) is 0 Å². The highest BCUT2D eigenvalue weighted by atomic mass is 16.7. The number of amides is 1. The average Bonchev–Trinajstić information content (AvgIpc) is 3.34. The van der Waals surface area contributed by atoms with Gasteiger partial charge in [-0.1, -0.05) is 204 Å². The Morgan fingerprint density at radius 3 is 1.58 bits per heavy atom. The van der Waals surface area contributed by atoms with Crippen LogP contribution in [-0.4, -0.2) is 99.6 Å². The molecule has 69 heavy (non-hydrogen) atoms. The van der Waals surface area contributed by atoms with Crippen molar-refractivity contribution in [3.63, 3.8) is 0 Å². The van der Waals surface area contributed by atoms with E-state index in [-0.39, 0.29) is 19.4 Å². The lowest BCUT2D eigenvalue weighted by Crippen LogP contribution is -2.61. The Kier molecular flexibility index (Phi) is 43.3. The lowest BCUT2D eigenvalue weighted by atomic mass is 9.99. The highest BCUT2D eigenvalue weighted by Crippen LogP contribution is 2.26. The predicted octanol–water partition coefficient (Wildman–Crippen LogP) is 12.3. The molecule has 0 bridgehead atoms. The SMILES string of the molecule is CCCC/C=C\CCCCCCCC(=O)OC1C(OCC(NC(=O)C(O)CCCCC/C=C\C/C=C\C/C=C\CCCCC)C(O)/C=C/CCCCCCCCCCCCC)OC(CO)C(O)C1O. The van der Waals surface area contributed by atoms with Crippen LogP contribution in [0.2, 0.25) is 0 Å². The van der Waals surface area contributed by atoms with Crippen LogP contribution < -0.4 is 5.32 Å². The van der Waals surface area contributed by atoms with E-state index in [2.05, 4.69) is 74.7 Å². The van der Waals surface area contributed by atoms with Crippen molar-refractivity contribution in [2.75, 3.05) is 13.2 Å². The molecule has 1 rings (SSSR count). The number of esters is 1. The number of aliphatic hydroxyl groups excluding tert-OH is 5. The van der Waals surface area contributed by atoms with Gasteiger partial charge in [-0.15, -0.1) is 0 Å². The summed E-state index contributed by atoms with van der Waals surface area (Å²) >= 11 is 0. The predicted molar refractivity (Wildman–Crippen MR) is 283 cm³/mol. The topological polar surface area (TPSA) is 175 Å². The molecule has 0 radical (unpaired) electrons. The molecule has 1 aliphatic heterocycles. The number of ether oxygens (including phenoxy) is 3. The van der Waals surface area contributed by atoms with Crippen LogP contribution in [0.15, 0.2) is 60.8 Å². The zero-order valence-electron chi connectivity index (χ0n) is 43.9. The minimum atomic E-state index is -1.62. The molecule has 0 aromatic carbocycles. The number of allylic oxidation sites excluding steroid dienone is 9. The van der Waals surface area contributed by atoms with Crippen LogP contribution in [0.5, 0.6) is 0 Å². The van der Waals surface area contributed by atoms with Gasteiger partial charge in [-0.3, -0.25) is 9.59 Å². The van der Waals surface area contributed by atoms with Crippen LogP contribution >= 0.6 is 0 Å². The van der Waals surface area contributed by atoms with Crippen LogP contribution in [-0.2, 0) is 23.8 Å². The third kappa shape index (κ3) is 35.2. The standard InChI is InChI=1S/C58H103NO10/c1-4-7-10-13-16-19-22-24-25-26-28-31-33-36-39-42-45-51(62)57(66)59-49(50(61)44-41-38-35-32-30-27-23-20-17-14-11-8-5-2)48-67-58-56(55(65)54(64)52(47-60)68-58)69-53(63)46-43-40-37-34-29-21-18-15-12-9-6-3/h15-16,18-19,24-25,28,31,41,44,49-52,54-56,58,60-62,64-65H,4-14,17,20-23,26-27,29-30,32-40,42-43,45-48H2,1-3H3,(H,59,66)/b18-15-,19-16-,25-24-,31-28-,44-41+. The second-order valence-electron chi connectivity index (χ2n) is 19.3. The van der Waals surface area contributed by atoms with E-state index in [1.165, 1.54) is 89.9 Å². The number of carbonyl (C=O) groups is 2.